The van der Waals surface area contributed by atoms with Gasteiger partial charge in [0.15, 0.2) is 5.82 Å². The maximum atomic E-state index is 13.4. The topological polar surface area (TPSA) is 56.7 Å². The van der Waals surface area contributed by atoms with Gasteiger partial charge in [0, 0.05) is 12.1 Å². The Morgan fingerprint density at radius 2 is 2.06 bits per heavy atom. The fourth-order valence-electron chi connectivity index (χ4n) is 1.90. The SMILES string of the molecule is CCn1c(CN)nnc1-c1cc(C)cc(F)c1. The largest absolute Gasteiger partial charge is 0.324 e. The van der Waals surface area contributed by atoms with E-state index in [1.165, 1.54) is 12.1 Å². The van der Waals surface area contributed by atoms with Gasteiger partial charge in [-0.1, -0.05) is 0 Å². The molecule has 0 aliphatic carbocycles. The Labute approximate surface area is 99.3 Å². The van der Waals surface area contributed by atoms with Crippen LogP contribution in [0.4, 0.5) is 4.39 Å². The molecule has 0 radical (unpaired) electrons. The standard InChI is InChI=1S/C12H15FN4/c1-3-17-11(7-14)15-16-12(17)9-4-8(2)5-10(13)6-9/h4-6H,3,7,14H2,1-2H3. The molecule has 0 saturated heterocycles. The molecule has 0 atom stereocenters. The zero-order chi connectivity index (χ0) is 12.4. The van der Waals surface area contributed by atoms with Crippen molar-refractivity contribution in [3.63, 3.8) is 0 Å². The highest BCUT2D eigenvalue weighted by Gasteiger charge is 2.12. The Morgan fingerprint density at radius 1 is 1.29 bits per heavy atom. The number of hydrogen-bond donors (Lipinski definition) is 1. The highest BCUT2D eigenvalue weighted by atomic mass is 19.1. The zero-order valence-corrected chi connectivity index (χ0v) is 9.94. The van der Waals surface area contributed by atoms with Crippen molar-refractivity contribution in [2.45, 2.75) is 26.9 Å². The van der Waals surface area contributed by atoms with Crippen molar-refractivity contribution in [3.05, 3.63) is 35.4 Å². The van der Waals surface area contributed by atoms with Crippen molar-refractivity contribution in [2.24, 2.45) is 5.73 Å². The fourth-order valence-corrected chi connectivity index (χ4v) is 1.90. The summed E-state index contributed by atoms with van der Waals surface area (Å²) in [5, 5.41) is 8.08. The lowest BCUT2D eigenvalue weighted by atomic mass is 10.1. The second-order valence-corrected chi connectivity index (χ2v) is 3.91. The van der Waals surface area contributed by atoms with Gasteiger partial charge in [-0.15, -0.1) is 10.2 Å². The van der Waals surface area contributed by atoms with Crippen molar-refractivity contribution in [1.82, 2.24) is 14.8 Å². The molecule has 0 bridgehead atoms. The van der Waals surface area contributed by atoms with Crippen LogP contribution >= 0.6 is 0 Å². The van der Waals surface area contributed by atoms with Crippen molar-refractivity contribution in [3.8, 4) is 11.4 Å². The summed E-state index contributed by atoms with van der Waals surface area (Å²) in [6.45, 7) is 4.88. The van der Waals surface area contributed by atoms with Gasteiger partial charge in [0.2, 0.25) is 0 Å². The van der Waals surface area contributed by atoms with Crippen LogP contribution in [0.5, 0.6) is 0 Å². The van der Waals surface area contributed by atoms with E-state index in [2.05, 4.69) is 10.2 Å². The number of nitrogens with two attached hydrogens (primary N) is 1. The number of halogens is 1. The van der Waals surface area contributed by atoms with Gasteiger partial charge in [-0.25, -0.2) is 4.39 Å². The second kappa shape index (κ2) is 4.63. The molecule has 0 spiro atoms. The molecule has 1 heterocycles. The highest BCUT2D eigenvalue weighted by molar-refractivity contribution is 5.56. The van der Waals surface area contributed by atoms with E-state index in [9.17, 15) is 4.39 Å². The fraction of sp³-hybridized carbons (Fsp3) is 0.333. The van der Waals surface area contributed by atoms with E-state index in [0.29, 0.717) is 24.7 Å². The number of hydrogen-bond acceptors (Lipinski definition) is 3. The first-order valence-electron chi connectivity index (χ1n) is 5.55. The first-order chi connectivity index (χ1) is 8.15. The van der Waals surface area contributed by atoms with Crippen molar-refractivity contribution in [2.75, 3.05) is 0 Å². The maximum Gasteiger partial charge on any atom is 0.164 e. The maximum absolute atomic E-state index is 13.4. The summed E-state index contributed by atoms with van der Waals surface area (Å²) < 4.78 is 15.3. The Balaban J connectivity index is 2.55. The van der Waals surface area contributed by atoms with Crippen LogP contribution in [0.15, 0.2) is 18.2 Å². The van der Waals surface area contributed by atoms with Gasteiger partial charge in [0.25, 0.3) is 0 Å². The molecule has 17 heavy (non-hydrogen) atoms. The van der Waals surface area contributed by atoms with Crippen LogP contribution in [-0.4, -0.2) is 14.8 Å². The van der Waals surface area contributed by atoms with Crippen LogP contribution in [-0.2, 0) is 13.1 Å². The predicted molar refractivity (Wildman–Crippen MR) is 63.7 cm³/mol. The molecule has 1 aromatic heterocycles. The zero-order valence-electron chi connectivity index (χ0n) is 9.94. The summed E-state index contributed by atoms with van der Waals surface area (Å²) in [6, 6.07) is 4.84. The molecule has 90 valence electrons. The Morgan fingerprint density at radius 3 is 2.65 bits per heavy atom. The minimum Gasteiger partial charge on any atom is -0.324 e. The van der Waals surface area contributed by atoms with Gasteiger partial charge in [-0.2, -0.15) is 0 Å². The summed E-state index contributed by atoms with van der Waals surface area (Å²) >= 11 is 0. The lowest BCUT2D eigenvalue weighted by Crippen LogP contribution is -2.08. The van der Waals surface area contributed by atoms with E-state index in [1.807, 2.05) is 24.5 Å². The molecule has 2 aromatic rings. The Hall–Kier alpha value is -1.75. The molecule has 2 rings (SSSR count). The lowest BCUT2D eigenvalue weighted by molar-refractivity contribution is 0.626. The first kappa shape index (κ1) is 11.7. The summed E-state index contributed by atoms with van der Waals surface area (Å²) in [5.41, 5.74) is 7.17. The van der Waals surface area contributed by atoms with Gasteiger partial charge in [-0.05, 0) is 37.6 Å². The number of benzene rings is 1. The molecule has 0 aliphatic rings. The average Bonchev–Trinajstić information content (AvgIpc) is 2.70. The van der Waals surface area contributed by atoms with Gasteiger partial charge in [0.05, 0.1) is 6.54 Å². The van der Waals surface area contributed by atoms with Crippen LogP contribution in [0.25, 0.3) is 11.4 Å². The molecular weight excluding hydrogens is 219 g/mol. The highest BCUT2D eigenvalue weighted by Crippen LogP contribution is 2.21. The van der Waals surface area contributed by atoms with Gasteiger partial charge in [0.1, 0.15) is 11.6 Å². The monoisotopic (exact) mass is 234 g/mol. The summed E-state index contributed by atoms with van der Waals surface area (Å²) in [5.74, 6) is 1.11. The molecule has 0 aliphatic heterocycles. The third kappa shape index (κ3) is 2.19. The summed E-state index contributed by atoms with van der Waals surface area (Å²) in [6.07, 6.45) is 0. The Kier molecular flexibility index (Phi) is 3.19. The molecule has 1 aromatic carbocycles. The van der Waals surface area contributed by atoms with Gasteiger partial charge >= 0.3 is 0 Å². The van der Waals surface area contributed by atoms with E-state index in [1.54, 1.807) is 0 Å². The third-order valence-electron chi connectivity index (χ3n) is 2.63. The predicted octanol–water partition coefficient (Wildman–Crippen LogP) is 1.87. The third-order valence-corrected chi connectivity index (χ3v) is 2.63. The average molecular weight is 234 g/mol. The number of aromatic nitrogens is 3. The molecule has 2 N–H and O–H groups in total. The van der Waals surface area contributed by atoms with E-state index in [-0.39, 0.29) is 5.82 Å². The van der Waals surface area contributed by atoms with E-state index >= 15 is 0 Å². The molecule has 4 nitrogen and oxygen atoms in total. The van der Waals surface area contributed by atoms with Crippen LogP contribution in [0.3, 0.4) is 0 Å². The van der Waals surface area contributed by atoms with Crippen molar-refractivity contribution < 1.29 is 4.39 Å². The minimum absolute atomic E-state index is 0.264. The second-order valence-electron chi connectivity index (χ2n) is 3.91. The minimum atomic E-state index is -0.264. The van der Waals surface area contributed by atoms with Gasteiger partial charge < -0.3 is 10.3 Å². The molecule has 0 amide bonds. The van der Waals surface area contributed by atoms with Gasteiger partial charge in [-0.3, -0.25) is 0 Å². The molecule has 0 fully saturated rings. The quantitative estimate of drug-likeness (QED) is 0.882. The summed E-state index contributed by atoms with van der Waals surface area (Å²) in [7, 11) is 0. The Bertz CT molecular complexity index is 513. The van der Waals surface area contributed by atoms with E-state index in [0.717, 1.165) is 11.1 Å². The van der Waals surface area contributed by atoms with Crippen LogP contribution < -0.4 is 5.73 Å². The molecular formula is C12H15FN4. The number of rotatable bonds is 3. The van der Waals surface area contributed by atoms with E-state index < -0.39 is 0 Å². The summed E-state index contributed by atoms with van der Waals surface area (Å²) in [4.78, 5) is 0. The normalized spacial score (nSPS) is 10.8. The first-order valence-corrected chi connectivity index (χ1v) is 5.55. The smallest absolute Gasteiger partial charge is 0.164 e. The molecule has 0 saturated carbocycles. The molecule has 5 heteroatoms. The van der Waals surface area contributed by atoms with Crippen LogP contribution in [0.1, 0.15) is 18.3 Å². The number of nitrogens with zero attached hydrogens (tertiary/aromatic N) is 3. The lowest BCUT2D eigenvalue weighted by Gasteiger charge is -2.07. The van der Waals surface area contributed by atoms with Crippen molar-refractivity contribution in [1.29, 1.82) is 0 Å². The van der Waals surface area contributed by atoms with Crippen LogP contribution in [0.2, 0.25) is 0 Å². The number of aryl methyl sites for hydroxylation is 1. The van der Waals surface area contributed by atoms with Crippen molar-refractivity contribution >= 4 is 0 Å². The molecule has 0 unspecified atom stereocenters. The van der Waals surface area contributed by atoms with Crippen LogP contribution in [0, 0.1) is 12.7 Å². The van der Waals surface area contributed by atoms with E-state index in [4.69, 9.17) is 5.73 Å².